The summed E-state index contributed by atoms with van der Waals surface area (Å²) in [6, 6.07) is 0.545. The normalized spacial score (nSPS) is 21.8. The van der Waals surface area contributed by atoms with Crippen LogP contribution < -0.4 is 10.0 Å². The van der Waals surface area contributed by atoms with E-state index in [-0.39, 0.29) is 18.3 Å². The molecule has 1 heterocycles. The number of nitrogens with zero attached hydrogens (tertiary/aromatic N) is 2. The lowest BCUT2D eigenvalue weighted by Gasteiger charge is -2.27. The highest BCUT2D eigenvalue weighted by atomic mass is 32.2. The average Bonchev–Trinajstić information content (AvgIpc) is 2.91. The van der Waals surface area contributed by atoms with Crippen LogP contribution in [0, 0.1) is 0 Å². The van der Waals surface area contributed by atoms with Crippen LogP contribution in [0.25, 0.3) is 0 Å². The smallest absolute Gasteiger partial charge is 0.317 e. The van der Waals surface area contributed by atoms with Gasteiger partial charge in [0.15, 0.2) is 0 Å². The van der Waals surface area contributed by atoms with Gasteiger partial charge in [-0.1, -0.05) is 12.8 Å². The molecular weight excluding hydrogens is 304 g/mol. The van der Waals surface area contributed by atoms with Crippen LogP contribution in [0.1, 0.15) is 32.1 Å². The molecule has 2 rings (SSSR count). The molecule has 2 amide bonds. The highest BCUT2D eigenvalue weighted by Gasteiger charge is 2.26. The van der Waals surface area contributed by atoms with Gasteiger partial charge in [0.2, 0.25) is 10.0 Å². The van der Waals surface area contributed by atoms with E-state index in [9.17, 15) is 13.2 Å². The van der Waals surface area contributed by atoms with Crippen LogP contribution in [0.2, 0.25) is 0 Å². The molecule has 2 aliphatic rings. The molecule has 22 heavy (non-hydrogen) atoms. The summed E-state index contributed by atoms with van der Waals surface area (Å²) in [7, 11) is -1.89. The molecule has 0 radical (unpaired) electrons. The lowest BCUT2D eigenvalue weighted by Crippen LogP contribution is -2.44. The summed E-state index contributed by atoms with van der Waals surface area (Å²) in [4.78, 5) is 16.5. The summed E-state index contributed by atoms with van der Waals surface area (Å²) in [5.41, 5.74) is 0. The molecule has 8 heteroatoms. The number of urea groups is 1. The van der Waals surface area contributed by atoms with Crippen molar-refractivity contribution in [3.8, 4) is 0 Å². The van der Waals surface area contributed by atoms with Gasteiger partial charge in [0.05, 0.1) is 5.75 Å². The van der Waals surface area contributed by atoms with E-state index < -0.39 is 10.0 Å². The standard InChI is InChI=1S/C14H28N4O3S/c1-15-22(20,21)12-7-16-14(19)18-9-4-8-17(10-11-18)13-5-2-3-6-13/h13,15H,2-12H2,1H3,(H,16,19). The zero-order chi connectivity index (χ0) is 16.0. The fourth-order valence-electron chi connectivity index (χ4n) is 3.28. The van der Waals surface area contributed by atoms with Crippen LogP contribution in [0.15, 0.2) is 0 Å². The molecule has 1 saturated carbocycles. The van der Waals surface area contributed by atoms with Gasteiger partial charge in [0.25, 0.3) is 0 Å². The first-order valence-electron chi connectivity index (χ1n) is 8.20. The summed E-state index contributed by atoms with van der Waals surface area (Å²) in [6.07, 6.45) is 6.21. The molecule has 1 aliphatic heterocycles. The summed E-state index contributed by atoms with van der Waals surface area (Å²) in [6.45, 7) is 3.59. The fourth-order valence-corrected chi connectivity index (χ4v) is 3.86. The second-order valence-corrected chi connectivity index (χ2v) is 8.12. The fraction of sp³-hybridized carbons (Fsp3) is 0.929. The minimum Gasteiger partial charge on any atom is -0.337 e. The Hall–Kier alpha value is -0.860. The summed E-state index contributed by atoms with van der Waals surface area (Å²) >= 11 is 0. The minimum atomic E-state index is -3.26. The van der Waals surface area contributed by atoms with Crippen molar-refractivity contribution in [1.29, 1.82) is 0 Å². The number of carbonyl (C=O) groups is 1. The molecule has 0 bridgehead atoms. The number of nitrogens with one attached hydrogen (secondary N) is 2. The summed E-state index contributed by atoms with van der Waals surface area (Å²) in [5.74, 6) is -0.0860. The number of carbonyl (C=O) groups excluding carboxylic acids is 1. The number of hydrogen-bond acceptors (Lipinski definition) is 4. The molecule has 128 valence electrons. The molecular formula is C14H28N4O3S. The van der Waals surface area contributed by atoms with Crippen molar-refractivity contribution in [2.75, 3.05) is 45.5 Å². The van der Waals surface area contributed by atoms with Gasteiger partial charge in [-0.25, -0.2) is 17.9 Å². The van der Waals surface area contributed by atoms with E-state index >= 15 is 0 Å². The topological polar surface area (TPSA) is 81.8 Å². The van der Waals surface area contributed by atoms with E-state index in [2.05, 4.69) is 14.9 Å². The molecule has 1 aliphatic carbocycles. The molecule has 0 unspecified atom stereocenters. The van der Waals surface area contributed by atoms with Crippen molar-refractivity contribution < 1.29 is 13.2 Å². The van der Waals surface area contributed by atoms with Crippen LogP contribution >= 0.6 is 0 Å². The minimum absolute atomic E-state index is 0.0860. The average molecular weight is 332 g/mol. The van der Waals surface area contributed by atoms with E-state index in [0.717, 1.165) is 32.6 Å². The van der Waals surface area contributed by atoms with E-state index in [1.165, 1.54) is 32.7 Å². The third kappa shape index (κ3) is 5.10. The second-order valence-electron chi connectivity index (χ2n) is 6.07. The Morgan fingerprint density at radius 1 is 1.09 bits per heavy atom. The van der Waals surface area contributed by atoms with Crippen LogP contribution in [0.4, 0.5) is 4.79 Å². The van der Waals surface area contributed by atoms with Gasteiger partial charge < -0.3 is 10.2 Å². The van der Waals surface area contributed by atoms with E-state index in [4.69, 9.17) is 0 Å². The first-order valence-corrected chi connectivity index (χ1v) is 9.85. The Bertz CT molecular complexity index is 463. The van der Waals surface area contributed by atoms with Crippen molar-refractivity contribution >= 4 is 16.1 Å². The van der Waals surface area contributed by atoms with Gasteiger partial charge in [-0.05, 0) is 26.3 Å². The predicted octanol–water partition coefficient (Wildman–Crippen LogP) is 0.196. The van der Waals surface area contributed by atoms with E-state index in [0.29, 0.717) is 6.04 Å². The van der Waals surface area contributed by atoms with Crippen molar-refractivity contribution in [3.63, 3.8) is 0 Å². The Morgan fingerprint density at radius 2 is 1.82 bits per heavy atom. The highest BCUT2D eigenvalue weighted by molar-refractivity contribution is 7.89. The SMILES string of the molecule is CNS(=O)(=O)CCNC(=O)N1CCCN(C2CCCC2)CC1. The molecule has 0 aromatic rings. The van der Waals surface area contributed by atoms with Crippen LogP contribution in [-0.4, -0.2) is 75.8 Å². The zero-order valence-corrected chi connectivity index (χ0v) is 14.2. The Labute approximate surface area is 133 Å². The molecule has 0 spiro atoms. The molecule has 2 N–H and O–H groups in total. The summed E-state index contributed by atoms with van der Waals surface area (Å²) < 4.78 is 24.9. The molecule has 2 fully saturated rings. The van der Waals surface area contributed by atoms with Gasteiger partial charge >= 0.3 is 6.03 Å². The van der Waals surface area contributed by atoms with E-state index in [1.807, 2.05) is 0 Å². The number of amides is 2. The molecule has 7 nitrogen and oxygen atoms in total. The number of hydrogen-bond donors (Lipinski definition) is 2. The van der Waals surface area contributed by atoms with Gasteiger partial charge in [-0.3, -0.25) is 4.90 Å². The molecule has 1 saturated heterocycles. The Morgan fingerprint density at radius 3 is 2.50 bits per heavy atom. The van der Waals surface area contributed by atoms with Crippen LogP contribution in [0.3, 0.4) is 0 Å². The Balaban J connectivity index is 1.74. The third-order valence-electron chi connectivity index (χ3n) is 4.62. The maximum Gasteiger partial charge on any atom is 0.317 e. The van der Waals surface area contributed by atoms with Crippen molar-refractivity contribution in [1.82, 2.24) is 19.8 Å². The van der Waals surface area contributed by atoms with Crippen LogP contribution in [-0.2, 0) is 10.0 Å². The molecule has 0 atom stereocenters. The lowest BCUT2D eigenvalue weighted by atomic mass is 10.2. The monoisotopic (exact) mass is 332 g/mol. The third-order valence-corrected chi connectivity index (χ3v) is 5.98. The first-order chi connectivity index (χ1) is 10.5. The zero-order valence-electron chi connectivity index (χ0n) is 13.4. The number of sulfonamides is 1. The van der Waals surface area contributed by atoms with Crippen molar-refractivity contribution in [2.45, 2.75) is 38.1 Å². The lowest BCUT2D eigenvalue weighted by molar-refractivity contribution is 0.188. The Kier molecular flexibility index (Phi) is 6.46. The molecule has 0 aromatic heterocycles. The molecule has 0 aromatic carbocycles. The first kappa shape index (κ1) is 17.5. The van der Waals surface area contributed by atoms with E-state index in [1.54, 1.807) is 4.90 Å². The van der Waals surface area contributed by atoms with Crippen LogP contribution in [0.5, 0.6) is 0 Å². The van der Waals surface area contributed by atoms with Gasteiger partial charge in [-0.15, -0.1) is 0 Å². The quantitative estimate of drug-likeness (QED) is 0.753. The summed E-state index contributed by atoms with van der Waals surface area (Å²) in [5, 5.41) is 2.70. The largest absolute Gasteiger partial charge is 0.337 e. The van der Waals surface area contributed by atoms with Gasteiger partial charge in [0.1, 0.15) is 0 Å². The van der Waals surface area contributed by atoms with Gasteiger partial charge in [0, 0.05) is 38.8 Å². The van der Waals surface area contributed by atoms with Crippen molar-refractivity contribution in [3.05, 3.63) is 0 Å². The second kappa shape index (κ2) is 8.12. The maximum absolute atomic E-state index is 12.1. The van der Waals surface area contributed by atoms with Crippen molar-refractivity contribution in [2.24, 2.45) is 0 Å². The van der Waals surface area contributed by atoms with Gasteiger partial charge in [-0.2, -0.15) is 0 Å². The maximum atomic E-state index is 12.1. The number of rotatable bonds is 5. The highest BCUT2D eigenvalue weighted by Crippen LogP contribution is 2.24. The predicted molar refractivity (Wildman–Crippen MR) is 86.3 cm³/mol.